The SMILES string of the molecule is CCN(CC)CCCC(C)Nc1ccnc2c1c(=O)n(C)c(=O)n2C. The fourth-order valence-electron chi connectivity index (χ4n) is 3.10. The Balaban J connectivity index is 2.22. The highest BCUT2D eigenvalue weighted by molar-refractivity contribution is 5.88. The van der Waals surface area contributed by atoms with Crippen molar-refractivity contribution in [1.29, 1.82) is 0 Å². The van der Waals surface area contributed by atoms with E-state index in [2.05, 4.69) is 36.0 Å². The largest absolute Gasteiger partial charge is 0.382 e. The van der Waals surface area contributed by atoms with Crippen LogP contribution >= 0.6 is 0 Å². The first-order chi connectivity index (χ1) is 11.9. The second-order valence-corrected chi connectivity index (χ2v) is 6.48. The smallest absolute Gasteiger partial charge is 0.332 e. The summed E-state index contributed by atoms with van der Waals surface area (Å²) in [5.74, 6) is 0. The van der Waals surface area contributed by atoms with Crippen LogP contribution in [0.5, 0.6) is 0 Å². The zero-order valence-corrected chi connectivity index (χ0v) is 15.9. The van der Waals surface area contributed by atoms with Gasteiger partial charge < -0.3 is 10.2 Å². The van der Waals surface area contributed by atoms with Crippen molar-refractivity contribution < 1.29 is 0 Å². The summed E-state index contributed by atoms with van der Waals surface area (Å²) in [4.78, 5) is 31.2. The Morgan fingerprint density at radius 2 is 1.88 bits per heavy atom. The van der Waals surface area contributed by atoms with E-state index in [-0.39, 0.29) is 17.3 Å². The lowest BCUT2D eigenvalue weighted by Gasteiger charge is -2.21. The average Bonchev–Trinajstić information content (AvgIpc) is 2.61. The summed E-state index contributed by atoms with van der Waals surface area (Å²) in [6, 6.07) is 2.03. The first kappa shape index (κ1) is 19.2. The summed E-state index contributed by atoms with van der Waals surface area (Å²) in [5, 5.41) is 3.88. The molecule has 7 heteroatoms. The number of rotatable bonds is 8. The van der Waals surface area contributed by atoms with Crippen molar-refractivity contribution in [2.75, 3.05) is 25.0 Å². The summed E-state index contributed by atoms with van der Waals surface area (Å²) in [6.07, 6.45) is 3.73. The van der Waals surface area contributed by atoms with E-state index in [0.717, 1.165) is 42.7 Å². The van der Waals surface area contributed by atoms with Gasteiger partial charge >= 0.3 is 5.69 Å². The van der Waals surface area contributed by atoms with Gasteiger partial charge in [0.1, 0.15) is 5.39 Å². The zero-order chi connectivity index (χ0) is 18.6. The molecule has 2 aromatic rings. The molecule has 0 aliphatic carbocycles. The number of hydrogen-bond donors (Lipinski definition) is 1. The lowest BCUT2D eigenvalue weighted by molar-refractivity contribution is 0.295. The molecule has 0 bridgehead atoms. The molecule has 2 heterocycles. The number of pyridine rings is 1. The molecule has 0 radical (unpaired) electrons. The fraction of sp³-hybridized carbons (Fsp3) is 0.611. The molecule has 0 amide bonds. The molecule has 0 aliphatic heterocycles. The van der Waals surface area contributed by atoms with Crippen molar-refractivity contribution in [3.8, 4) is 0 Å². The fourth-order valence-corrected chi connectivity index (χ4v) is 3.10. The predicted molar refractivity (Wildman–Crippen MR) is 102 cm³/mol. The minimum Gasteiger partial charge on any atom is -0.382 e. The van der Waals surface area contributed by atoms with Crippen LogP contribution in [0.3, 0.4) is 0 Å². The van der Waals surface area contributed by atoms with E-state index in [1.165, 1.54) is 11.6 Å². The number of anilines is 1. The zero-order valence-electron chi connectivity index (χ0n) is 15.9. The predicted octanol–water partition coefficient (Wildman–Crippen LogP) is 1.55. The first-order valence-corrected chi connectivity index (χ1v) is 8.94. The summed E-state index contributed by atoms with van der Waals surface area (Å²) in [6.45, 7) is 9.67. The van der Waals surface area contributed by atoms with E-state index in [0.29, 0.717) is 11.0 Å². The maximum Gasteiger partial charge on any atom is 0.332 e. The second kappa shape index (κ2) is 8.29. The highest BCUT2D eigenvalue weighted by atomic mass is 16.2. The monoisotopic (exact) mass is 347 g/mol. The molecule has 0 aromatic carbocycles. The first-order valence-electron chi connectivity index (χ1n) is 8.94. The summed E-state index contributed by atoms with van der Waals surface area (Å²) < 4.78 is 2.53. The maximum atomic E-state index is 12.5. The number of aryl methyl sites for hydroxylation is 1. The Morgan fingerprint density at radius 1 is 1.20 bits per heavy atom. The molecule has 0 aliphatic rings. The molecular formula is C18H29N5O2. The lowest BCUT2D eigenvalue weighted by atomic mass is 10.1. The van der Waals surface area contributed by atoms with Gasteiger partial charge in [-0.05, 0) is 45.5 Å². The molecule has 1 unspecified atom stereocenters. The molecule has 1 N–H and O–H groups in total. The van der Waals surface area contributed by atoms with Gasteiger partial charge in [-0.3, -0.25) is 13.9 Å². The Bertz CT molecular complexity index is 836. The molecule has 0 saturated carbocycles. The lowest BCUT2D eigenvalue weighted by Crippen LogP contribution is -2.37. The van der Waals surface area contributed by atoms with Crippen LogP contribution in [0.1, 0.15) is 33.6 Å². The van der Waals surface area contributed by atoms with Crippen LogP contribution in [-0.2, 0) is 14.1 Å². The van der Waals surface area contributed by atoms with Crippen molar-refractivity contribution >= 4 is 16.7 Å². The van der Waals surface area contributed by atoms with Gasteiger partial charge in [0, 0.05) is 26.3 Å². The third kappa shape index (κ3) is 4.10. The van der Waals surface area contributed by atoms with Crippen LogP contribution in [0.15, 0.2) is 21.9 Å². The molecule has 7 nitrogen and oxygen atoms in total. The highest BCUT2D eigenvalue weighted by Gasteiger charge is 2.14. The standard InChI is InChI=1S/C18H29N5O2/c1-6-23(7-2)12-8-9-13(3)20-14-10-11-19-16-15(14)17(24)22(5)18(25)21(16)4/h10-11,13H,6-9,12H2,1-5H3,(H,19,20). The van der Waals surface area contributed by atoms with Gasteiger partial charge in [0.05, 0.1) is 5.69 Å². The van der Waals surface area contributed by atoms with Gasteiger partial charge in [0.15, 0.2) is 5.65 Å². The molecular weight excluding hydrogens is 318 g/mol. The van der Waals surface area contributed by atoms with Gasteiger partial charge in [0.25, 0.3) is 5.56 Å². The molecule has 2 rings (SSSR count). The second-order valence-electron chi connectivity index (χ2n) is 6.48. The van der Waals surface area contributed by atoms with Gasteiger partial charge in [0.2, 0.25) is 0 Å². The highest BCUT2D eigenvalue weighted by Crippen LogP contribution is 2.18. The van der Waals surface area contributed by atoms with Crippen molar-refractivity contribution in [1.82, 2.24) is 19.0 Å². The number of hydrogen-bond acceptors (Lipinski definition) is 5. The van der Waals surface area contributed by atoms with Crippen molar-refractivity contribution in [3.63, 3.8) is 0 Å². The third-order valence-corrected chi connectivity index (χ3v) is 4.75. The van der Waals surface area contributed by atoms with E-state index < -0.39 is 0 Å². The van der Waals surface area contributed by atoms with Crippen LogP contribution in [0.25, 0.3) is 11.0 Å². The summed E-state index contributed by atoms with van der Waals surface area (Å²) in [7, 11) is 3.13. The van der Waals surface area contributed by atoms with E-state index in [9.17, 15) is 9.59 Å². The Labute approximate surface area is 148 Å². The van der Waals surface area contributed by atoms with Crippen LogP contribution in [-0.4, -0.2) is 44.7 Å². The van der Waals surface area contributed by atoms with Crippen molar-refractivity contribution in [3.05, 3.63) is 33.1 Å². The van der Waals surface area contributed by atoms with Crippen LogP contribution < -0.4 is 16.6 Å². The van der Waals surface area contributed by atoms with Gasteiger partial charge in [-0.25, -0.2) is 9.78 Å². The molecule has 0 saturated heterocycles. The number of fused-ring (bicyclic) bond motifs is 1. The van der Waals surface area contributed by atoms with E-state index in [1.807, 2.05) is 0 Å². The minimum absolute atomic E-state index is 0.225. The molecule has 1 atom stereocenters. The number of nitrogens with one attached hydrogen (secondary N) is 1. The quantitative estimate of drug-likeness (QED) is 0.784. The number of aromatic nitrogens is 3. The average molecular weight is 347 g/mol. The van der Waals surface area contributed by atoms with E-state index >= 15 is 0 Å². The number of nitrogens with zero attached hydrogens (tertiary/aromatic N) is 4. The molecule has 0 fully saturated rings. The van der Waals surface area contributed by atoms with Crippen molar-refractivity contribution in [2.24, 2.45) is 14.1 Å². The third-order valence-electron chi connectivity index (χ3n) is 4.75. The summed E-state index contributed by atoms with van der Waals surface area (Å²) >= 11 is 0. The van der Waals surface area contributed by atoms with Crippen molar-refractivity contribution in [2.45, 2.75) is 39.7 Å². The van der Waals surface area contributed by atoms with Crippen LogP contribution in [0, 0.1) is 0 Å². The Kier molecular flexibility index (Phi) is 6.36. The molecule has 138 valence electrons. The van der Waals surface area contributed by atoms with Crippen LogP contribution in [0.2, 0.25) is 0 Å². The maximum absolute atomic E-state index is 12.5. The summed E-state index contributed by atoms with van der Waals surface area (Å²) in [5.41, 5.74) is 0.462. The topological polar surface area (TPSA) is 72.2 Å². The Hall–Kier alpha value is -2.15. The Morgan fingerprint density at radius 3 is 2.52 bits per heavy atom. The van der Waals surface area contributed by atoms with Gasteiger partial charge in [-0.2, -0.15) is 0 Å². The van der Waals surface area contributed by atoms with E-state index in [4.69, 9.17) is 0 Å². The van der Waals surface area contributed by atoms with Gasteiger partial charge in [-0.1, -0.05) is 13.8 Å². The minimum atomic E-state index is -0.366. The normalized spacial score (nSPS) is 12.7. The van der Waals surface area contributed by atoms with E-state index in [1.54, 1.807) is 19.3 Å². The molecule has 2 aromatic heterocycles. The molecule has 25 heavy (non-hydrogen) atoms. The molecule has 0 spiro atoms. The van der Waals surface area contributed by atoms with Gasteiger partial charge in [-0.15, -0.1) is 0 Å². The van der Waals surface area contributed by atoms with Crippen LogP contribution in [0.4, 0.5) is 5.69 Å².